The lowest BCUT2D eigenvalue weighted by molar-refractivity contribution is -0.118. The molecule has 8 heteroatoms. The molecule has 1 N–H and O–H groups in total. The van der Waals surface area contributed by atoms with E-state index in [1.54, 1.807) is 21.9 Å². The zero-order chi connectivity index (χ0) is 22.2. The molecule has 8 nitrogen and oxygen atoms in total. The lowest BCUT2D eigenvalue weighted by Gasteiger charge is -2.32. The number of fused-ring (bicyclic) bond motifs is 1. The molecule has 0 spiro atoms. The monoisotopic (exact) mass is 432 g/mol. The molecule has 1 fully saturated rings. The molecule has 2 aliphatic heterocycles. The lowest BCUT2D eigenvalue weighted by atomic mass is 9.88. The Morgan fingerprint density at radius 2 is 2.00 bits per heavy atom. The van der Waals surface area contributed by atoms with Gasteiger partial charge in [0.25, 0.3) is 5.91 Å². The average molecular weight is 433 g/mol. The number of hydrogen-bond donors (Lipinski definition) is 1. The van der Waals surface area contributed by atoms with E-state index in [9.17, 15) is 9.59 Å². The van der Waals surface area contributed by atoms with Crippen LogP contribution < -0.4 is 4.90 Å². The third-order valence-corrected chi connectivity index (χ3v) is 6.85. The molecule has 0 saturated carbocycles. The number of carbonyl (C=O) groups is 2. The van der Waals surface area contributed by atoms with Gasteiger partial charge in [-0.2, -0.15) is 5.10 Å². The standard InChI is InChI=1S/C24H28N6O2/c1-28-13-10-25-23(28)24(32)30-11-8-16(9-12-30)14-18-15-26-27-21(18)19-5-3-4-17-6-7-20(31)29(2)22(17)19/h3-5,10,13,15-16H,6-9,11-12,14H2,1-2H3,(H,26,27). The summed E-state index contributed by atoms with van der Waals surface area (Å²) < 4.78 is 1.77. The number of hydrogen-bond acceptors (Lipinski definition) is 4. The summed E-state index contributed by atoms with van der Waals surface area (Å²) in [6.45, 7) is 1.48. The minimum atomic E-state index is 0.00330. The highest BCUT2D eigenvalue weighted by Crippen LogP contribution is 2.38. The number of piperidine rings is 1. The van der Waals surface area contributed by atoms with Crippen LogP contribution in [0.15, 0.2) is 36.8 Å². The van der Waals surface area contributed by atoms with Gasteiger partial charge >= 0.3 is 0 Å². The highest BCUT2D eigenvalue weighted by molar-refractivity contribution is 6.00. The minimum Gasteiger partial charge on any atom is -0.336 e. The molecule has 32 heavy (non-hydrogen) atoms. The van der Waals surface area contributed by atoms with E-state index in [1.807, 2.05) is 25.2 Å². The first-order chi connectivity index (χ1) is 15.5. The largest absolute Gasteiger partial charge is 0.336 e. The van der Waals surface area contributed by atoms with Crippen LogP contribution in [0.3, 0.4) is 0 Å². The Labute approximate surface area is 187 Å². The number of aromatic nitrogens is 4. The van der Waals surface area contributed by atoms with E-state index in [0.29, 0.717) is 18.2 Å². The van der Waals surface area contributed by atoms with Crippen LogP contribution >= 0.6 is 0 Å². The van der Waals surface area contributed by atoms with Crippen molar-refractivity contribution in [3.8, 4) is 11.3 Å². The number of amides is 2. The first kappa shape index (κ1) is 20.5. The van der Waals surface area contributed by atoms with Crippen LogP contribution in [-0.2, 0) is 24.7 Å². The maximum Gasteiger partial charge on any atom is 0.289 e. The van der Waals surface area contributed by atoms with Crippen LogP contribution in [0.5, 0.6) is 0 Å². The molecule has 0 aliphatic carbocycles. The molecule has 0 unspecified atom stereocenters. The van der Waals surface area contributed by atoms with Gasteiger partial charge in [0.05, 0.1) is 17.6 Å². The van der Waals surface area contributed by atoms with Gasteiger partial charge in [0.1, 0.15) is 0 Å². The number of aryl methyl sites for hydroxylation is 2. The summed E-state index contributed by atoms with van der Waals surface area (Å²) in [6, 6.07) is 6.23. The molecule has 4 heterocycles. The Morgan fingerprint density at radius 1 is 1.19 bits per heavy atom. The van der Waals surface area contributed by atoms with Crippen LogP contribution in [-0.4, -0.2) is 56.6 Å². The van der Waals surface area contributed by atoms with Crippen molar-refractivity contribution in [2.24, 2.45) is 13.0 Å². The molecule has 0 atom stereocenters. The summed E-state index contributed by atoms with van der Waals surface area (Å²) in [4.78, 5) is 32.9. The number of anilines is 1. The van der Waals surface area contributed by atoms with Gasteiger partial charge in [0, 0.05) is 51.6 Å². The first-order valence-electron chi connectivity index (χ1n) is 11.2. The maximum atomic E-state index is 12.7. The number of para-hydroxylation sites is 1. The fourth-order valence-corrected chi connectivity index (χ4v) is 4.99. The van der Waals surface area contributed by atoms with Crippen molar-refractivity contribution >= 4 is 17.5 Å². The fourth-order valence-electron chi connectivity index (χ4n) is 4.99. The van der Waals surface area contributed by atoms with Crippen LogP contribution in [0, 0.1) is 5.92 Å². The molecule has 0 bridgehead atoms. The third-order valence-electron chi connectivity index (χ3n) is 6.85. The van der Waals surface area contributed by atoms with Gasteiger partial charge in [0.2, 0.25) is 5.91 Å². The minimum absolute atomic E-state index is 0.00330. The van der Waals surface area contributed by atoms with Gasteiger partial charge in [-0.1, -0.05) is 18.2 Å². The normalized spacial score (nSPS) is 17.0. The molecule has 3 aromatic rings. The molecular weight excluding hydrogens is 404 g/mol. The Bertz CT molecular complexity index is 1150. The van der Waals surface area contributed by atoms with Crippen molar-refractivity contribution in [2.45, 2.75) is 32.1 Å². The SMILES string of the molecule is CN1C(=O)CCc2cccc(-c3[nH]ncc3CC3CCN(C(=O)c4nccn4C)CC3)c21. The van der Waals surface area contributed by atoms with Gasteiger partial charge in [-0.25, -0.2) is 4.98 Å². The van der Waals surface area contributed by atoms with Gasteiger partial charge in [0.15, 0.2) is 5.82 Å². The number of H-pyrrole nitrogens is 1. The predicted octanol–water partition coefficient (Wildman–Crippen LogP) is 2.81. The number of nitrogens with zero attached hydrogens (tertiary/aromatic N) is 5. The Morgan fingerprint density at radius 3 is 2.75 bits per heavy atom. The van der Waals surface area contributed by atoms with Crippen LogP contribution in [0.2, 0.25) is 0 Å². The van der Waals surface area contributed by atoms with E-state index >= 15 is 0 Å². The maximum absolute atomic E-state index is 12.7. The van der Waals surface area contributed by atoms with Crippen molar-refractivity contribution < 1.29 is 9.59 Å². The quantitative estimate of drug-likeness (QED) is 0.687. The zero-order valence-corrected chi connectivity index (χ0v) is 18.5. The third kappa shape index (κ3) is 3.59. The highest BCUT2D eigenvalue weighted by atomic mass is 16.2. The van der Waals surface area contributed by atoms with Crippen molar-refractivity contribution in [3.05, 3.63) is 53.7 Å². The summed E-state index contributed by atoms with van der Waals surface area (Å²) in [5.74, 6) is 1.13. The number of benzene rings is 1. The van der Waals surface area contributed by atoms with E-state index in [-0.39, 0.29) is 11.8 Å². The van der Waals surface area contributed by atoms with E-state index in [0.717, 1.165) is 55.7 Å². The Hall–Kier alpha value is -3.42. The van der Waals surface area contributed by atoms with Crippen LogP contribution in [0.1, 0.15) is 41.0 Å². The number of imidazole rings is 1. The van der Waals surface area contributed by atoms with Crippen molar-refractivity contribution in [1.82, 2.24) is 24.6 Å². The van der Waals surface area contributed by atoms with E-state index in [1.165, 1.54) is 11.1 Å². The molecule has 2 aliphatic rings. The average Bonchev–Trinajstić information content (AvgIpc) is 3.45. The van der Waals surface area contributed by atoms with E-state index in [4.69, 9.17) is 0 Å². The molecule has 1 aromatic carbocycles. The predicted molar refractivity (Wildman–Crippen MR) is 121 cm³/mol. The van der Waals surface area contributed by atoms with Gasteiger partial charge in [-0.3, -0.25) is 14.7 Å². The summed E-state index contributed by atoms with van der Waals surface area (Å²) in [6.07, 6.45) is 9.50. The van der Waals surface area contributed by atoms with Gasteiger partial charge < -0.3 is 14.4 Å². The van der Waals surface area contributed by atoms with E-state index in [2.05, 4.69) is 33.4 Å². The summed E-state index contributed by atoms with van der Waals surface area (Å²) in [7, 11) is 3.70. The number of rotatable bonds is 4. The van der Waals surface area contributed by atoms with E-state index < -0.39 is 0 Å². The van der Waals surface area contributed by atoms with Crippen LogP contribution in [0.4, 0.5) is 5.69 Å². The second-order valence-corrected chi connectivity index (χ2v) is 8.84. The first-order valence-corrected chi connectivity index (χ1v) is 11.2. The molecule has 166 valence electrons. The number of nitrogens with one attached hydrogen (secondary N) is 1. The Kier molecular flexibility index (Phi) is 5.28. The highest BCUT2D eigenvalue weighted by Gasteiger charge is 2.28. The molecule has 5 rings (SSSR count). The zero-order valence-electron chi connectivity index (χ0n) is 18.5. The molecular formula is C24H28N6O2. The summed E-state index contributed by atoms with van der Waals surface area (Å²) in [5.41, 5.74) is 5.39. The summed E-state index contributed by atoms with van der Waals surface area (Å²) >= 11 is 0. The smallest absolute Gasteiger partial charge is 0.289 e. The molecule has 2 amide bonds. The van der Waals surface area contributed by atoms with Crippen molar-refractivity contribution in [1.29, 1.82) is 0 Å². The van der Waals surface area contributed by atoms with Crippen molar-refractivity contribution in [3.63, 3.8) is 0 Å². The summed E-state index contributed by atoms with van der Waals surface area (Å²) in [5, 5.41) is 7.53. The Balaban J connectivity index is 1.31. The van der Waals surface area contributed by atoms with Crippen LogP contribution in [0.25, 0.3) is 11.3 Å². The van der Waals surface area contributed by atoms with Gasteiger partial charge in [-0.05, 0) is 42.7 Å². The fraction of sp³-hybridized carbons (Fsp3) is 0.417. The second kappa shape index (κ2) is 8.26. The van der Waals surface area contributed by atoms with Gasteiger partial charge in [-0.15, -0.1) is 0 Å². The molecule has 0 radical (unpaired) electrons. The lowest BCUT2D eigenvalue weighted by Crippen LogP contribution is -2.40. The molecule has 1 saturated heterocycles. The second-order valence-electron chi connectivity index (χ2n) is 8.84. The molecule has 2 aromatic heterocycles. The number of aromatic amines is 1. The topological polar surface area (TPSA) is 87.1 Å². The number of likely N-dealkylation sites (tertiary alicyclic amines) is 1. The number of carbonyl (C=O) groups excluding carboxylic acids is 2. The van der Waals surface area contributed by atoms with Crippen molar-refractivity contribution in [2.75, 3.05) is 25.0 Å².